The zero-order valence-corrected chi connectivity index (χ0v) is 13.0. The molecule has 2 heteroatoms. The summed E-state index contributed by atoms with van der Waals surface area (Å²) in [5.41, 5.74) is 5.29. The number of nitrogens with zero attached hydrogens (tertiary/aromatic N) is 2. The first-order valence-corrected chi connectivity index (χ1v) is 8.05. The molecular formula is C19H22N2. The molecule has 2 bridgehead atoms. The molecule has 0 spiro atoms. The van der Waals surface area contributed by atoms with Gasteiger partial charge >= 0.3 is 0 Å². The number of rotatable bonds is 2. The highest BCUT2D eigenvalue weighted by atomic mass is 14.8. The van der Waals surface area contributed by atoms with Crippen molar-refractivity contribution in [3.63, 3.8) is 0 Å². The van der Waals surface area contributed by atoms with Crippen LogP contribution in [0.1, 0.15) is 56.7 Å². The molecule has 2 aromatic heterocycles. The highest BCUT2D eigenvalue weighted by molar-refractivity contribution is 5.56. The van der Waals surface area contributed by atoms with Crippen LogP contribution in [0.15, 0.2) is 36.5 Å². The van der Waals surface area contributed by atoms with Gasteiger partial charge in [0.15, 0.2) is 0 Å². The molecule has 0 amide bonds. The zero-order chi connectivity index (χ0) is 14.6. The van der Waals surface area contributed by atoms with Gasteiger partial charge in [-0.3, -0.25) is 9.97 Å². The second-order valence-electron chi connectivity index (χ2n) is 7.12. The molecule has 2 nitrogen and oxygen atoms in total. The van der Waals surface area contributed by atoms with Crippen molar-refractivity contribution < 1.29 is 0 Å². The normalized spacial score (nSPS) is 28.6. The number of pyridine rings is 2. The minimum absolute atomic E-state index is 0.446. The van der Waals surface area contributed by atoms with E-state index in [1.54, 1.807) is 0 Å². The van der Waals surface area contributed by atoms with Gasteiger partial charge in [-0.1, -0.05) is 32.9 Å². The maximum atomic E-state index is 5.02. The summed E-state index contributed by atoms with van der Waals surface area (Å²) in [5.74, 6) is 2.11. The maximum absolute atomic E-state index is 5.02. The van der Waals surface area contributed by atoms with Gasteiger partial charge in [0.25, 0.3) is 0 Å². The zero-order valence-electron chi connectivity index (χ0n) is 13.0. The SMILES string of the molecule is CC[C@@H]1c2nc(-c3ccccn3)ccc2[C@@H]2C[C@H]1C2(C)C. The van der Waals surface area contributed by atoms with Crippen molar-refractivity contribution in [1.82, 2.24) is 9.97 Å². The molecule has 0 N–H and O–H groups in total. The summed E-state index contributed by atoms with van der Waals surface area (Å²) in [4.78, 5) is 9.46. The van der Waals surface area contributed by atoms with E-state index in [0.717, 1.165) is 17.3 Å². The van der Waals surface area contributed by atoms with E-state index in [1.807, 2.05) is 24.4 Å². The van der Waals surface area contributed by atoms with E-state index in [1.165, 1.54) is 24.1 Å². The molecule has 0 radical (unpaired) electrons. The van der Waals surface area contributed by atoms with Crippen LogP contribution in [0.3, 0.4) is 0 Å². The molecule has 3 aliphatic carbocycles. The molecular weight excluding hydrogens is 256 g/mol. The van der Waals surface area contributed by atoms with Crippen molar-refractivity contribution in [3.05, 3.63) is 47.8 Å². The van der Waals surface area contributed by atoms with Gasteiger partial charge in [-0.25, -0.2) is 0 Å². The molecule has 0 aliphatic heterocycles. The molecule has 3 atom stereocenters. The van der Waals surface area contributed by atoms with Gasteiger partial charge in [0, 0.05) is 17.8 Å². The Balaban J connectivity index is 1.83. The fraction of sp³-hybridized carbons (Fsp3) is 0.474. The molecule has 108 valence electrons. The average Bonchev–Trinajstić information content (AvgIpc) is 2.53. The van der Waals surface area contributed by atoms with E-state index < -0.39 is 0 Å². The number of hydrogen-bond donors (Lipinski definition) is 0. The second-order valence-corrected chi connectivity index (χ2v) is 7.12. The third kappa shape index (κ3) is 1.71. The summed E-state index contributed by atoms with van der Waals surface area (Å²) in [6.45, 7) is 7.17. The van der Waals surface area contributed by atoms with Crippen LogP contribution in [0.25, 0.3) is 11.4 Å². The van der Waals surface area contributed by atoms with Gasteiger partial charge in [0.1, 0.15) is 0 Å². The van der Waals surface area contributed by atoms with Crippen molar-refractivity contribution in [2.24, 2.45) is 11.3 Å². The summed E-state index contributed by atoms with van der Waals surface area (Å²) in [7, 11) is 0. The Kier molecular flexibility index (Phi) is 2.72. The van der Waals surface area contributed by atoms with Crippen molar-refractivity contribution in [2.45, 2.75) is 45.4 Å². The van der Waals surface area contributed by atoms with Gasteiger partial charge in [-0.05, 0) is 53.9 Å². The van der Waals surface area contributed by atoms with Crippen molar-refractivity contribution in [1.29, 1.82) is 0 Å². The fourth-order valence-electron chi connectivity index (χ4n) is 4.57. The molecule has 1 saturated carbocycles. The van der Waals surface area contributed by atoms with Crippen molar-refractivity contribution in [2.75, 3.05) is 0 Å². The summed E-state index contributed by atoms with van der Waals surface area (Å²) in [6.07, 6.45) is 4.38. The van der Waals surface area contributed by atoms with Crippen molar-refractivity contribution >= 4 is 0 Å². The standard InChI is InChI=1S/C19H22N2/c1-4-12-14-11-15(19(14,2)3)13-8-9-17(21-18(12)13)16-7-5-6-10-20-16/h5-10,12,14-15H,4,11H2,1-3H3/t12-,14+,15-/m0/s1. The maximum Gasteiger partial charge on any atom is 0.0889 e. The van der Waals surface area contributed by atoms with E-state index >= 15 is 0 Å². The minimum atomic E-state index is 0.446. The van der Waals surface area contributed by atoms with Gasteiger partial charge in [-0.15, -0.1) is 0 Å². The lowest BCUT2D eigenvalue weighted by atomic mass is 9.44. The van der Waals surface area contributed by atoms with Crippen LogP contribution < -0.4 is 0 Å². The topological polar surface area (TPSA) is 25.8 Å². The molecule has 3 aliphatic rings. The highest BCUT2D eigenvalue weighted by Crippen LogP contribution is 2.66. The molecule has 5 rings (SSSR count). The Morgan fingerprint density at radius 2 is 2.00 bits per heavy atom. The lowest BCUT2D eigenvalue weighted by molar-refractivity contribution is -0.00850. The van der Waals surface area contributed by atoms with E-state index in [9.17, 15) is 0 Å². The molecule has 1 fully saturated rings. The predicted octanol–water partition coefficient (Wildman–Crippen LogP) is 4.78. The van der Waals surface area contributed by atoms with Gasteiger partial charge in [0.2, 0.25) is 0 Å². The Morgan fingerprint density at radius 1 is 1.14 bits per heavy atom. The quantitative estimate of drug-likeness (QED) is 0.790. The molecule has 2 heterocycles. The molecule has 0 saturated heterocycles. The van der Waals surface area contributed by atoms with Crippen LogP contribution >= 0.6 is 0 Å². The van der Waals surface area contributed by atoms with E-state index in [2.05, 4.69) is 37.9 Å². The average molecular weight is 278 g/mol. The largest absolute Gasteiger partial charge is 0.255 e. The Labute approximate surface area is 126 Å². The van der Waals surface area contributed by atoms with Gasteiger partial charge < -0.3 is 0 Å². The van der Waals surface area contributed by atoms with Crippen molar-refractivity contribution in [3.8, 4) is 11.4 Å². The van der Waals surface area contributed by atoms with Gasteiger partial charge in [-0.2, -0.15) is 0 Å². The smallest absolute Gasteiger partial charge is 0.0889 e. The Hall–Kier alpha value is -1.70. The highest BCUT2D eigenvalue weighted by Gasteiger charge is 2.56. The first kappa shape index (κ1) is 13.0. The van der Waals surface area contributed by atoms with Crippen LogP contribution in [0, 0.1) is 11.3 Å². The number of hydrogen-bond acceptors (Lipinski definition) is 2. The van der Waals surface area contributed by atoms with E-state index in [-0.39, 0.29) is 0 Å². The molecule has 0 aromatic carbocycles. The first-order chi connectivity index (χ1) is 10.1. The number of aromatic nitrogens is 2. The summed E-state index contributed by atoms with van der Waals surface area (Å²) in [6, 6.07) is 10.5. The van der Waals surface area contributed by atoms with Gasteiger partial charge in [0.05, 0.1) is 11.4 Å². The van der Waals surface area contributed by atoms with Crippen LogP contribution in [-0.4, -0.2) is 9.97 Å². The third-order valence-corrected chi connectivity index (χ3v) is 5.88. The van der Waals surface area contributed by atoms with Crippen LogP contribution in [0.2, 0.25) is 0 Å². The predicted molar refractivity (Wildman–Crippen MR) is 85.1 cm³/mol. The summed E-state index contributed by atoms with van der Waals surface area (Å²) >= 11 is 0. The molecule has 21 heavy (non-hydrogen) atoms. The Morgan fingerprint density at radius 3 is 2.67 bits per heavy atom. The second kappa shape index (κ2) is 4.40. The monoisotopic (exact) mass is 278 g/mol. The van der Waals surface area contributed by atoms with E-state index in [4.69, 9.17) is 4.98 Å². The molecule has 2 aromatic rings. The Bertz CT molecular complexity index is 675. The first-order valence-electron chi connectivity index (χ1n) is 8.05. The minimum Gasteiger partial charge on any atom is -0.255 e. The van der Waals surface area contributed by atoms with Crippen LogP contribution in [0.5, 0.6) is 0 Å². The lowest BCUT2D eigenvalue weighted by Gasteiger charge is -2.60. The van der Waals surface area contributed by atoms with Crippen LogP contribution in [-0.2, 0) is 0 Å². The summed E-state index contributed by atoms with van der Waals surface area (Å²) in [5, 5.41) is 0. The summed E-state index contributed by atoms with van der Waals surface area (Å²) < 4.78 is 0. The lowest BCUT2D eigenvalue weighted by Crippen LogP contribution is -2.50. The third-order valence-electron chi connectivity index (χ3n) is 5.88. The fourth-order valence-corrected chi connectivity index (χ4v) is 4.57. The molecule has 0 unspecified atom stereocenters. The van der Waals surface area contributed by atoms with E-state index in [0.29, 0.717) is 17.3 Å². The van der Waals surface area contributed by atoms with Crippen LogP contribution in [0.4, 0.5) is 0 Å².